The lowest BCUT2D eigenvalue weighted by atomic mass is 10.2. The maximum absolute atomic E-state index is 9.55. The van der Waals surface area contributed by atoms with Crippen molar-refractivity contribution in [2.45, 2.75) is 0 Å². The van der Waals surface area contributed by atoms with Crippen molar-refractivity contribution in [3.63, 3.8) is 0 Å². The van der Waals surface area contributed by atoms with Crippen LogP contribution in [-0.2, 0) is 0 Å². The van der Waals surface area contributed by atoms with E-state index in [0.717, 1.165) is 0 Å². The smallest absolute Gasteiger partial charge is 0.127 e. The molecule has 2 aromatic carbocycles. The fraction of sp³-hybridized carbons (Fsp3) is 0. The first-order valence-corrected chi connectivity index (χ1v) is 5.15. The van der Waals surface area contributed by atoms with Gasteiger partial charge in [0.1, 0.15) is 11.4 Å². The first-order valence-electron chi connectivity index (χ1n) is 5.15. The Morgan fingerprint density at radius 3 is 2.44 bits per heavy atom. The zero-order valence-corrected chi connectivity index (χ0v) is 9.30. The second-order valence-electron chi connectivity index (χ2n) is 3.37. The molecular formula is C12H9N5O. The van der Waals surface area contributed by atoms with Crippen LogP contribution in [-0.4, -0.2) is 5.11 Å². The van der Waals surface area contributed by atoms with E-state index in [1.165, 1.54) is 6.07 Å². The summed E-state index contributed by atoms with van der Waals surface area (Å²) in [6.07, 6.45) is 0. The fourth-order valence-corrected chi connectivity index (χ4v) is 1.35. The van der Waals surface area contributed by atoms with Crippen LogP contribution in [0.1, 0.15) is 0 Å². The summed E-state index contributed by atoms with van der Waals surface area (Å²) >= 11 is 0. The number of rotatable bonds is 3. The van der Waals surface area contributed by atoms with Gasteiger partial charge < -0.3 is 5.11 Å². The highest BCUT2D eigenvalue weighted by atomic mass is 16.3. The van der Waals surface area contributed by atoms with Crippen molar-refractivity contribution < 1.29 is 5.11 Å². The molecule has 0 saturated heterocycles. The number of benzene rings is 2. The molecule has 0 aromatic heterocycles. The lowest BCUT2D eigenvalue weighted by molar-refractivity contribution is 0.477. The van der Waals surface area contributed by atoms with Crippen molar-refractivity contribution in [2.75, 3.05) is 0 Å². The lowest BCUT2D eigenvalue weighted by Crippen LogP contribution is -1.69. The number of azo groups is 1. The van der Waals surface area contributed by atoms with Crippen LogP contribution in [0.3, 0.4) is 0 Å². The quantitative estimate of drug-likeness (QED) is 0.467. The van der Waals surface area contributed by atoms with Gasteiger partial charge in [0.2, 0.25) is 0 Å². The van der Waals surface area contributed by atoms with Crippen LogP contribution in [0.25, 0.3) is 10.4 Å². The molecule has 0 bridgehead atoms. The van der Waals surface area contributed by atoms with Gasteiger partial charge in [-0.3, -0.25) is 0 Å². The second kappa shape index (κ2) is 5.47. The SMILES string of the molecule is [N-]=[N+]=Nc1c(O)cccc1N=Nc1ccccc1. The van der Waals surface area contributed by atoms with Crippen LogP contribution in [0.5, 0.6) is 5.75 Å². The molecule has 6 nitrogen and oxygen atoms in total. The van der Waals surface area contributed by atoms with Gasteiger partial charge in [-0.1, -0.05) is 29.4 Å². The number of hydrogen-bond donors (Lipinski definition) is 1. The highest BCUT2D eigenvalue weighted by Crippen LogP contribution is 2.37. The van der Waals surface area contributed by atoms with Crippen molar-refractivity contribution in [3.8, 4) is 5.75 Å². The number of aromatic hydroxyl groups is 1. The van der Waals surface area contributed by atoms with Crippen molar-refractivity contribution in [1.29, 1.82) is 0 Å². The Morgan fingerprint density at radius 1 is 0.944 bits per heavy atom. The Morgan fingerprint density at radius 2 is 1.72 bits per heavy atom. The molecule has 0 atom stereocenters. The van der Waals surface area contributed by atoms with E-state index >= 15 is 0 Å². The molecule has 0 aliphatic heterocycles. The van der Waals surface area contributed by atoms with E-state index in [1.54, 1.807) is 24.3 Å². The number of hydrogen-bond acceptors (Lipinski definition) is 4. The van der Waals surface area contributed by atoms with Gasteiger partial charge in [-0.2, -0.15) is 5.11 Å². The van der Waals surface area contributed by atoms with E-state index in [0.29, 0.717) is 11.4 Å². The average Bonchev–Trinajstić information content (AvgIpc) is 2.41. The van der Waals surface area contributed by atoms with E-state index in [9.17, 15) is 5.11 Å². The topological polar surface area (TPSA) is 93.7 Å². The Bertz CT molecular complexity index is 618. The Labute approximate surface area is 103 Å². The first kappa shape index (κ1) is 11.6. The zero-order valence-electron chi connectivity index (χ0n) is 9.30. The summed E-state index contributed by atoms with van der Waals surface area (Å²) in [5, 5.41) is 20.9. The predicted molar refractivity (Wildman–Crippen MR) is 67.5 cm³/mol. The molecule has 0 unspecified atom stereocenters. The molecular weight excluding hydrogens is 230 g/mol. The van der Waals surface area contributed by atoms with Gasteiger partial charge in [0.25, 0.3) is 0 Å². The molecule has 0 amide bonds. The van der Waals surface area contributed by atoms with Gasteiger partial charge in [0, 0.05) is 4.91 Å². The van der Waals surface area contributed by atoms with Crippen LogP contribution in [0, 0.1) is 0 Å². The molecule has 6 heteroatoms. The third-order valence-electron chi connectivity index (χ3n) is 2.17. The summed E-state index contributed by atoms with van der Waals surface area (Å²) in [5.41, 5.74) is 9.49. The minimum Gasteiger partial charge on any atom is -0.507 e. The molecule has 1 N–H and O–H groups in total. The largest absolute Gasteiger partial charge is 0.507 e. The van der Waals surface area contributed by atoms with Gasteiger partial charge in [-0.25, -0.2) is 0 Å². The Hall–Kier alpha value is -2.85. The molecule has 0 radical (unpaired) electrons. The molecule has 0 aliphatic rings. The van der Waals surface area contributed by atoms with Crippen molar-refractivity contribution in [3.05, 3.63) is 59.0 Å². The number of azide groups is 1. The molecule has 18 heavy (non-hydrogen) atoms. The number of nitrogens with zero attached hydrogens (tertiary/aromatic N) is 5. The van der Waals surface area contributed by atoms with Crippen LogP contribution >= 0.6 is 0 Å². The van der Waals surface area contributed by atoms with Crippen LogP contribution in [0.15, 0.2) is 63.9 Å². The predicted octanol–water partition coefficient (Wildman–Crippen LogP) is 4.75. The van der Waals surface area contributed by atoms with Gasteiger partial charge in [-0.15, -0.1) is 5.11 Å². The molecule has 0 heterocycles. The monoisotopic (exact) mass is 239 g/mol. The minimum atomic E-state index is -0.127. The second-order valence-corrected chi connectivity index (χ2v) is 3.37. The zero-order chi connectivity index (χ0) is 12.8. The van der Waals surface area contributed by atoms with Crippen LogP contribution in [0.4, 0.5) is 17.1 Å². The standard InChI is InChI=1S/C12H9N5O/c13-17-16-12-10(7-4-8-11(12)18)15-14-9-5-2-1-3-6-9/h1-8,18H. The highest BCUT2D eigenvalue weighted by Gasteiger charge is 2.04. The van der Waals surface area contributed by atoms with E-state index in [1.807, 2.05) is 18.2 Å². The highest BCUT2D eigenvalue weighted by molar-refractivity contribution is 5.68. The van der Waals surface area contributed by atoms with E-state index < -0.39 is 0 Å². The van der Waals surface area contributed by atoms with Gasteiger partial charge in [0.05, 0.1) is 11.4 Å². The third-order valence-corrected chi connectivity index (χ3v) is 2.17. The van der Waals surface area contributed by atoms with E-state index in [-0.39, 0.29) is 11.4 Å². The lowest BCUT2D eigenvalue weighted by Gasteiger charge is -2.00. The fourth-order valence-electron chi connectivity index (χ4n) is 1.35. The Balaban J connectivity index is 2.38. The number of phenolic OH excluding ortho intramolecular Hbond substituents is 1. The summed E-state index contributed by atoms with van der Waals surface area (Å²) in [5.74, 6) is -0.127. The third kappa shape index (κ3) is 2.63. The minimum absolute atomic E-state index is 0.0691. The molecule has 0 aliphatic carbocycles. The number of phenols is 1. The molecule has 0 saturated carbocycles. The molecule has 2 aromatic rings. The normalized spacial score (nSPS) is 10.2. The Kier molecular flexibility index (Phi) is 3.53. The summed E-state index contributed by atoms with van der Waals surface area (Å²) in [6, 6.07) is 13.8. The summed E-state index contributed by atoms with van der Waals surface area (Å²) < 4.78 is 0. The molecule has 0 fully saturated rings. The summed E-state index contributed by atoms with van der Waals surface area (Å²) in [4.78, 5) is 2.65. The van der Waals surface area contributed by atoms with E-state index in [4.69, 9.17) is 5.53 Å². The van der Waals surface area contributed by atoms with Gasteiger partial charge in [0.15, 0.2) is 0 Å². The van der Waals surface area contributed by atoms with Crippen molar-refractivity contribution in [2.24, 2.45) is 15.3 Å². The van der Waals surface area contributed by atoms with Gasteiger partial charge >= 0.3 is 0 Å². The molecule has 0 spiro atoms. The maximum atomic E-state index is 9.55. The van der Waals surface area contributed by atoms with Crippen LogP contribution in [0.2, 0.25) is 0 Å². The average molecular weight is 239 g/mol. The molecule has 88 valence electrons. The van der Waals surface area contributed by atoms with Crippen LogP contribution < -0.4 is 0 Å². The molecule has 2 rings (SSSR count). The maximum Gasteiger partial charge on any atom is 0.127 e. The van der Waals surface area contributed by atoms with Crippen molar-refractivity contribution >= 4 is 17.1 Å². The van der Waals surface area contributed by atoms with Gasteiger partial charge in [-0.05, 0) is 29.8 Å². The summed E-state index contributed by atoms with van der Waals surface area (Å²) in [7, 11) is 0. The van der Waals surface area contributed by atoms with Crippen molar-refractivity contribution in [1.82, 2.24) is 0 Å². The summed E-state index contributed by atoms with van der Waals surface area (Å²) in [6.45, 7) is 0. The van der Waals surface area contributed by atoms with E-state index in [2.05, 4.69) is 20.3 Å². The first-order chi connectivity index (χ1) is 8.81.